The lowest BCUT2D eigenvalue weighted by molar-refractivity contribution is 0.0944. The fourth-order valence-corrected chi connectivity index (χ4v) is 1.48. The summed E-state index contributed by atoms with van der Waals surface area (Å²) in [6.45, 7) is 9.28. The summed E-state index contributed by atoms with van der Waals surface area (Å²) in [6, 6.07) is 3.13. The number of pyridine rings is 1. The molecule has 0 unspecified atom stereocenters. The third kappa shape index (κ3) is 5.38. The van der Waals surface area contributed by atoms with Crippen molar-refractivity contribution in [1.29, 1.82) is 0 Å². The number of carbonyl (C=O) groups is 2. The molecule has 5 heteroatoms. The zero-order chi connectivity index (χ0) is 15.1. The van der Waals surface area contributed by atoms with Gasteiger partial charge in [0.2, 0.25) is 0 Å². The number of hydrogen-bond donors (Lipinski definition) is 2. The molecule has 5 nitrogen and oxygen atoms in total. The van der Waals surface area contributed by atoms with Crippen molar-refractivity contribution in [2.24, 2.45) is 11.8 Å². The standard InChI is InChI=1S/C15H23N3O2/c1-10(2)8-17-14(19)12-5-6-16-13(7-12)15(20)18-9-11(3)4/h5-7,10-11H,8-9H2,1-4H3,(H,17,19)(H,18,20). The molecule has 1 heterocycles. The Morgan fingerprint density at radius 2 is 1.60 bits per heavy atom. The van der Waals surface area contributed by atoms with Crippen LogP contribution < -0.4 is 10.6 Å². The molecule has 1 rings (SSSR count). The Balaban J connectivity index is 2.70. The Morgan fingerprint density at radius 3 is 2.15 bits per heavy atom. The molecule has 0 fully saturated rings. The normalized spacial score (nSPS) is 10.7. The van der Waals surface area contributed by atoms with Crippen LogP contribution in [-0.2, 0) is 0 Å². The molecule has 0 aliphatic heterocycles. The van der Waals surface area contributed by atoms with Gasteiger partial charge in [-0.05, 0) is 24.0 Å². The van der Waals surface area contributed by atoms with Crippen molar-refractivity contribution in [3.05, 3.63) is 29.6 Å². The molecule has 0 aromatic carbocycles. The zero-order valence-corrected chi connectivity index (χ0v) is 12.6. The molecule has 0 spiro atoms. The largest absolute Gasteiger partial charge is 0.352 e. The van der Waals surface area contributed by atoms with Crippen LogP contribution in [0, 0.1) is 11.8 Å². The van der Waals surface area contributed by atoms with Gasteiger partial charge in [-0.25, -0.2) is 0 Å². The second-order valence-corrected chi connectivity index (χ2v) is 5.64. The highest BCUT2D eigenvalue weighted by molar-refractivity contribution is 5.98. The van der Waals surface area contributed by atoms with Gasteiger partial charge in [-0.1, -0.05) is 27.7 Å². The summed E-state index contributed by atoms with van der Waals surface area (Å²) in [6.07, 6.45) is 1.48. The average molecular weight is 277 g/mol. The molecule has 0 bridgehead atoms. The van der Waals surface area contributed by atoms with Crippen molar-refractivity contribution in [2.45, 2.75) is 27.7 Å². The first-order chi connectivity index (χ1) is 9.40. The lowest BCUT2D eigenvalue weighted by Crippen LogP contribution is -2.30. The van der Waals surface area contributed by atoms with Crippen LogP contribution in [0.2, 0.25) is 0 Å². The van der Waals surface area contributed by atoms with Gasteiger partial charge in [0.1, 0.15) is 5.69 Å². The molecular formula is C15H23N3O2. The van der Waals surface area contributed by atoms with Crippen LogP contribution in [0.15, 0.2) is 18.3 Å². The van der Waals surface area contributed by atoms with Crippen molar-refractivity contribution in [3.8, 4) is 0 Å². The van der Waals surface area contributed by atoms with Gasteiger partial charge in [-0.2, -0.15) is 0 Å². The van der Waals surface area contributed by atoms with Crippen LogP contribution in [-0.4, -0.2) is 29.9 Å². The predicted molar refractivity (Wildman–Crippen MR) is 78.6 cm³/mol. The summed E-state index contributed by atoms with van der Waals surface area (Å²) in [5.41, 5.74) is 0.721. The lowest BCUT2D eigenvalue weighted by Gasteiger charge is -2.09. The molecule has 0 saturated carbocycles. The molecule has 0 atom stereocenters. The van der Waals surface area contributed by atoms with Gasteiger partial charge in [-0.3, -0.25) is 14.6 Å². The zero-order valence-electron chi connectivity index (χ0n) is 12.6. The van der Waals surface area contributed by atoms with E-state index >= 15 is 0 Å². The minimum Gasteiger partial charge on any atom is -0.352 e. The van der Waals surface area contributed by atoms with E-state index in [4.69, 9.17) is 0 Å². The number of nitrogens with zero attached hydrogens (tertiary/aromatic N) is 1. The van der Waals surface area contributed by atoms with Crippen LogP contribution in [0.1, 0.15) is 48.5 Å². The summed E-state index contributed by atoms with van der Waals surface area (Å²) >= 11 is 0. The maximum absolute atomic E-state index is 11.9. The van der Waals surface area contributed by atoms with E-state index in [9.17, 15) is 9.59 Å². The molecule has 20 heavy (non-hydrogen) atoms. The Hall–Kier alpha value is -1.91. The minimum absolute atomic E-state index is 0.181. The summed E-state index contributed by atoms with van der Waals surface area (Å²) in [5, 5.41) is 5.60. The van der Waals surface area contributed by atoms with Crippen molar-refractivity contribution < 1.29 is 9.59 Å². The van der Waals surface area contributed by atoms with E-state index in [0.717, 1.165) is 0 Å². The van der Waals surface area contributed by atoms with Gasteiger partial charge >= 0.3 is 0 Å². The average Bonchev–Trinajstić information content (AvgIpc) is 2.42. The fourth-order valence-electron chi connectivity index (χ4n) is 1.48. The van der Waals surface area contributed by atoms with Gasteiger partial charge in [-0.15, -0.1) is 0 Å². The fraction of sp³-hybridized carbons (Fsp3) is 0.533. The molecule has 1 aromatic rings. The van der Waals surface area contributed by atoms with Gasteiger partial charge in [0.05, 0.1) is 0 Å². The van der Waals surface area contributed by atoms with E-state index in [2.05, 4.69) is 15.6 Å². The molecule has 1 aromatic heterocycles. The van der Waals surface area contributed by atoms with E-state index in [0.29, 0.717) is 30.5 Å². The van der Waals surface area contributed by atoms with Crippen molar-refractivity contribution >= 4 is 11.8 Å². The van der Waals surface area contributed by atoms with E-state index in [1.54, 1.807) is 6.07 Å². The molecule has 110 valence electrons. The first-order valence-electron chi connectivity index (χ1n) is 6.92. The smallest absolute Gasteiger partial charge is 0.269 e. The molecule has 2 amide bonds. The lowest BCUT2D eigenvalue weighted by atomic mass is 10.1. The van der Waals surface area contributed by atoms with Gasteiger partial charge in [0, 0.05) is 24.8 Å². The Kier molecular flexibility index (Phi) is 6.15. The molecular weight excluding hydrogens is 254 g/mol. The van der Waals surface area contributed by atoms with Gasteiger partial charge in [0.15, 0.2) is 0 Å². The quantitative estimate of drug-likeness (QED) is 0.833. The first kappa shape index (κ1) is 16.1. The van der Waals surface area contributed by atoms with Crippen molar-refractivity contribution in [1.82, 2.24) is 15.6 Å². The number of hydrogen-bond acceptors (Lipinski definition) is 3. The first-order valence-corrected chi connectivity index (χ1v) is 6.92. The van der Waals surface area contributed by atoms with Crippen LogP contribution in [0.5, 0.6) is 0 Å². The molecule has 0 aliphatic rings. The number of carbonyl (C=O) groups excluding carboxylic acids is 2. The highest BCUT2D eigenvalue weighted by Gasteiger charge is 2.12. The number of rotatable bonds is 6. The van der Waals surface area contributed by atoms with E-state index < -0.39 is 0 Å². The maximum atomic E-state index is 11.9. The monoisotopic (exact) mass is 277 g/mol. The van der Waals surface area contributed by atoms with Crippen LogP contribution in [0.3, 0.4) is 0 Å². The van der Waals surface area contributed by atoms with Gasteiger partial charge in [0.25, 0.3) is 11.8 Å². The summed E-state index contributed by atoms with van der Waals surface area (Å²) < 4.78 is 0. The summed E-state index contributed by atoms with van der Waals surface area (Å²) in [4.78, 5) is 27.8. The van der Waals surface area contributed by atoms with Crippen LogP contribution in [0.25, 0.3) is 0 Å². The van der Waals surface area contributed by atoms with E-state index in [1.807, 2.05) is 27.7 Å². The molecule has 0 saturated heterocycles. The molecule has 0 aliphatic carbocycles. The van der Waals surface area contributed by atoms with Gasteiger partial charge < -0.3 is 10.6 Å². The molecule has 2 N–H and O–H groups in total. The van der Waals surface area contributed by atoms with Crippen molar-refractivity contribution in [2.75, 3.05) is 13.1 Å². The topological polar surface area (TPSA) is 71.1 Å². The van der Waals surface area contributed by atoms with E-state index in [-0.39, 0.29) is 17.5 Å². The highest BCUT2D eigenvalue weighted by atomic mass is 16.2. The third-order valence-electron chi connectivity index (χ3n) is 2.60. The second kappa shape index (κ2) is 7.62. The van der Waals surface area contributed by atoms with Crippen molar-refractivity contribution in [3.63, 3.8) is 0 Å². The summed E-state index contributed by atoms with van der Waals surface area (Å²) in [7, 11) is 0. The number of nitrogens with one attached hydrogen (secondary N) is 2. The number of aromatic nitrogens is 1. The minimum atomic E-state index is -0.253. The number of amides is 2. The highest BCUT2D eigenvalue weighted by Crippen LogP contribution is 2.03. The second-order valence-electron chi connectivity index (χ2n) is 5.64. The molecule has 0 radical (unpaired) electrons. The van der Waals surface area contributed by atoms with Crippen LogP contribution >= 0.6 is 0 Å². The van der Waals surface area contributed by atoms with E-state index in [1.165, 1.54) is 12.3 Å². The maximum Gasteiger partial charge on any atom is 0.269 e. The SMILES string of the molecule is CC(C)CNC(=O)c1ccnc(C(=O)NCC(C)C)c1. The van der Waals surface area contributed by atoms with Crippen LogP contribution in [0.4, 0.5) is 0 Å². The summed E-state index contributed by atoms with van der Waals surface area (Å²) in [5.74, 6) is 0.322. The Bertz CT molecular complexity index is 431. The third-order valence-corrected chi connectivity index (χ3v) is 2.60. The predicted octanol–water partition coefficient (Wildman–Crippen LogP) is 1.85. The Morgan fingerprint density at radius 1 is 1.05 bits per heavy atom. The Labute approximate surface area is 120 Å².